The lowest BCUT2D eigenvalue weighted by atomic mass is 9.78. The molecular formula is C17H21N5O2S. The van der Waals surface area contributed by atoms with Crippen molar-refractivity contribution in [3.05, 3.63) is 22.2 Å². The van der Waals surface area contributed by atoms with Crippen LogP contribution in [0, 0.1) is 18.3 Å². The minimum atomic E-state index is -0.129. The summed E-state index contributed by atoms with van der Waals surface area (Å²) in [7, 11) is 0. The van der Waals surface area contributed by atoms with Crippen LogP contribution in [0.15, 0.2) is 0 Å². The first-order valence-corrected chi connectivity index (χ1v) is 9.36. The minimum Gasteiger partial charge on any atom is -0.314 e. The summed E-state index contributed by atoms with van der Waals surface area (Å²) in [5.74, 6) is 1.74. The Hall–Kier alpha value is -2.09. The molecular weight excluding hydrogens is 338 g/mol. The second kappa shape index (κ2) is 5.72. The van der Waals surface area contributed by atoms with Crippen molar-refractivity contribution in [1.82, 2.24) is 19.7 Å². The van der Waals surface area contributed by atoms with Crippen LogP contribution in [0.2, 0.25) is 0 Å². The molecule has 132 valence electrons. The van der Waals surface area contributed by atoms with Gasteiger partial charge in [0.1, 0.15) is 11.6 Å². The fourth-order valence-electron chi connectivity index (χ4n) is 3.66. The number of nitrogens with zero attached hydrogens (tertiary/aromatic N) is 4. The summed E-state index contributed by atoms with van der Waals surface area (Å²) in [5.41, 5.74) is 0.757. The molecule has 1 N–H and O–H groups in total. The molecule has 2 aromatic heterocycles. The van der Waals surface area contributed by atoms with Gasteiger partial charge >= 0.3 is 0 Å². The molecule has 8 heteroatoms. The van der Waals surface area contributed by atoms with Crippen molar-refractivity contribution in [3.8, 4) is 0 Å². The van der Waals surface area contributed by atoms with Crippen molar-refractivity contribution in [2.24, 2.45) is 11.3 Å². The van der Waals surface area contributed by atoms with E-state index in [0.29, 0.717) is 23.0 Å². The van der Waals surface area contributed by atoms with Crippen LogP contribution in [0.1, 0.15) is 53.7 Å². The van der Waals surface area contributed by atoms with Gasteiger partial charge in [0.2, 0.25) is 5.91 Å². The quantitative estimate of drug-likeness (QED) is 0.889. The lowest BCUT2D eigenvalue weighted by Crippen LogP contribution is -2.31. The number of amides is 1. The maximum atomic E-state index is 12.6. The third-order valence-corrected chi connectivity index (χ3v) is 6.02. The first-order chi connectivity index (χ1) is 11.8. The van der Waals surface area contributed by atoms with Crippen LogP contribution in [-0.4, -0.2) is 31.4 Å². The Morgan fingerprint density at radius 3 is 2.92 bits per heavy atom. The van der Waals surface area contributed by atoms with Crippen LogP contribution < -0.4 is 5.32 Å². The van der Waals surface area contributed by atoms with E-state index < -0.39 is 0 Å². The van der Waals surface area contributed by atoms with Crippen molar-refractivity contribution in [2.45, 2.75) is 53.0 Å². The standard InChI is InChI=1S/C17H21N5O2S/c1-9-20-21-13-5-4-10(8-22(9)13)15(24)19-16-18-11-6-17(2,3)7-12(23)14(11)25-16/h10H,4-8H2,1-3H3,(H,18,19,24). The highest BCUT2D eigenvalue weighted by Gasteiger charge is 2.34. The molecule has 1 aliphatic carbocycles. The molecule has 1 aliphatic heterocycles. The van der Waals surface area contributed by atoms with Gasteiger partial charge in [0.25, 0.3) is 0 Å². The topological polar surface area (TPSA) is 89.8 Å². The molecule has 1 atom stereocenters. The molecule has 2 aliphatic rings. The van der Waals surface area contributed by atoms with E-state index in [9.17, 15) is 9.59 Å². The van der Waals surface area contributed by atoms with E-state index in [1.165, 1.54) is 11.3 Å². The van der Waals surface area contributed by atoms with Gasteiger partial charge in [-0.3, -0.25) is 9.59 Å². The number of ketones is 1. The van der Waals surface area contributed by atoms with E-state index in [1.807, 2.05) is 11.5 Å². The molecule has 3 heterocycles. The van der Waals surface area contributed by atoms with Crippen molar-refractivity contribution in [3.63, 3.8) is 0 Å². The molecule has 0 fully saturated rings. The Labute approximate surface area is 149 Å². The molecule has 0 radical (unpaired) electrons. The Morgan fingerprint density at radius 1 is 1.32 bits per heavy atom. The van der Waals surface area contributed by atoms with Gasteiger partial charge in [-0.05, 0) is 25.2 Å². The summed E-state index contributed by atoms with van der Waals surface area (Å²) in [6, 6.07) is 0. The number of carbonyl (C=O) groups excluding carboxylic acids is 2. The van der Waals surface area contributed by atoms with Gasteiger partial charge in [0.15, 0.2) is 10.9 Å². The molecule has 0 saturated carbocycles. The average Bonchev–Trinajstić information content (AvgIpc) is 3.10. The third-order valence-electron chi connectivity index (χ3n) is 4.97. The van der Waals surface area contributed by atoms with Gasteiger partial charge in [-0.2, -0.15) is 0 Å². The number of nitrogens with one attached hydrogen (secondary N) is 1. The Balaban J connectivity index is 1.49. The van der Waals surface area contributed by atoms with E-state index in [-0.39, 0.29) is 23.0 Å². The number of hydrogen-bond donors (Lipinski definition) is 1. The number of hydrogen-bond acceptors (Lipinski definition) is 6. The number of carbonyl (C=O) groups is 2. The summed E-state index contributed by atoms with van der Waals surface area (Å²) in [5, 5.41) is 11.7. The summed E-state index contributed by atoms with van der Waals surface area (Å²) in [6.07, 6.45) is 2.81. The summed E-state index contributed by atoms with van der Waals surface area (Å²) in [6.45, 7) is 6.65. The van der Waals surface area contributed by atoms with Gasteiger partial charge in [-0.25, -0.2) is 4.98 Å². The predicted molar refractivity (Wildman–Crippen MR) is 93.7 cm³/mol. The fraction of sp³-hybridized carbons (Fsp3) is 0.588. The van der Waals surface area contributed by atoms with E-state index in [1.54, 1.807) is 0 Å². The zero-order chi connectivity index (χ0) is 17.8. The monoisotopic (exact) mass is 359 g/mol. The minimum absolute atomic E-state index is 0.0449. The molecule has 0 bridgehead atoms. The number of aryl methyl sites for hydroxylation is 2. The predicted octanol–water partition coefficient (Wildman–Crippen LogP) is 2.40. The van der Waals surface area contributed by atoms with Gasteiger partial charge in [-0.1, -0.05) is 25.2 Å². The largest absolute Gasteiger partial charge is 0.314 e. The van der Waals surface area contributed by atoms with Gasteiger partial charge < -0.3 is 9.88 Å². The third kappa shape index (κ3) is 2.99. The van der Waals surface area contributed by atoms with Crippen LogP contribution in [0.4, 0.5) is 5.13 Å². The highest BCUT2D eigenvalue weighted by atomic mass is 32.1. The number of thiazole rings is 1. The maximum absolute atomic E-state index is 12.6. The Morgan fingerprint density at radius 2 is 2.12 bits per heavy atom. The van der Waals surface area contributed by atoms with Crippen molar-refractivity contribution < 1.29 is 9.59 Å². The lowest BCUT2D eigenvalue weighted by Gasteiger charge is -2.26. The van der Waals surface area contributed by atoms with Crippen LogP contribution in [0.5, 0.6) is 0 Å². The highest BCUT2D eigenvalue weighted by molar-refractivity contribution is 7.17. The van der Waals surface area contributed by atoms with Gasteiger partial charge in [-0.15, -0.1) is 10.2 Å². The van der Waals surface area contributed by atoms with E-state index in [0.717, 1.165) is 36.6 Å². The van der Waals surface area contributed by atoms with Gasteiger partial charge in [0.05, 0.1) is 16.5 Å². The molecule has 25 heavy (non-hydrogen) atoms. The Bertz CT molecular complexity index is 867. The Kier molecular flexibility index (Phi) is 3.75. The van der Waals surface area contributed by atoms with Crippen LogP contribution in [0.25, 0.3) is 0 Å². The summed E-state index contributed by atoms with van der Waals surface area (Å²) < 4.78 is 2.01. The molecule has 1 amide bonds. The summed E-state index contributed by atoms with van der Waals surface area (Å²) >= 11 is 1.30. The summed E-state index contributed by atoms with van der Waals surface area (Å²) in [4.78, 5) is 30.2. The second-order valence-corrected chi connectivity index (χ2v) is 8.73. The maximum Gasteiger partial charge on any atom is 0.231 e. The van der Waals surface area contributed by atoms with Crippen molar-refractivity contribution >= 4 is 28.2 Å². The van der Waals surface area contributed by atoms with E-state index in [2.05, 4.69) is 34.3 Å². The molecule has 0 saturated heterocycles. The van der Waals surface area contributed by atoms with Gasteiger partial charge in [0, 0.05) is 19.4 Å². The first-order valence-electron chi connectivity index (χ1n) is 8.55. The first kappa shape index (κ1) is 16.4. The average molecular weight is 359 g/mol. The van der Waals surface area contributed by atoms with E-state index in [4.69, 9.17) is 0 Å². The van der Waals surface area contributed by atoms with Crippen LogP contribution >= 0.6 is 11.3 Å². The highest BCUT2D eigenvalue weighted by Crippen LogP contribution is 2.38. The zero-order valence-electron chi connectivity index (χ0n) is 14.6. The molecule has 1 unspecified atom stereocenters. The van der Waals surface area contributed by atoms with Crippen LogP contribution in [0.3, 0.4) is 0 Å². The number of rotatable bonds is 2. The zero-order valence-corrected chi connectivity index (χ0v) is 15.4. The molecule has 0 spiro atoms. The van der Waals surface area contributed by atoms with E-state index >= 15 is 0 Å². The molecule has 7 nitrogen and oxygen atoms in total. The normalized spacial score (nSPS) is 21.6. The fourth-order valence-corrected chi connectivity index (χ4v) is 4.58. The van der Waals surface area contributed by atoms with Crippen molar-refractivity contribution in [2.75, 3.05) is 5.32 Å². The number of fused-ring (bicyclic) bond motifs is 2. The number of anilines is 1. The van der Waals surface area contributed by atoms with Crippen LogP contribution in [-0.2, 0) is 24.2 Å². The molecule has 0 aromatic carbocycles. The smallest absolute Gasteiger partial charge is 0.231 e. The molecule has 2 aromatic rings. The van der Waals surface area contributed by atoms with Crippen molar-refractivity contribution in [1.29, 1.82) is 0 Å². The number of aromatic nitrogens is 4. The molecule has 4 rings (SSSR count). The lowest BCUT2D eigenvalue weighted by molar-refractivity contribution is -0.120. The second-order valence-electron chi connectivity index (χ2n) is 7.73. The SMILES string of the molecule is Cc1nnc2n1CC(C(=O)Nc1nc3c(s1)C(=O)CC(C)(C)C3)CC2. The number of Topliss-reactive ketones (excluding diaryl/α,β-unsaturated/α-hetero) is 1.